The Balaban J connectivity index is 2.59. The topological polar surface area (TPSA) is 55.4 Å². The summed E-state index contributed by atoms with van der Waals surface area (Å²) in [6.45, 7) is 4.29. The largest absolute Gasteiger partial charge is 0.466 e. The third-order valence-electron chi connectivity index (χ3n) is 3.90. The van der Waals surface area contributed by atoms with Crippen molar-refractivity contribution in [3.05, 3.63) is 35.4 Å². The Labute approximate surface area is 139 Å². The van der Waals surface area contributed by atoms with Gasteiger partial charge in [-0.05, 0) is 32.4 Å². The molecule has 0 saturated carbocycles. The average Bonchev–Trinajstić information content (AvgIpc) is 2.57. The number of nitrogens with one attached hydrogen (secondary N) is 1. The molecule has 0 radical (unpaired) electrons. The quantitative estimate of drug-likeness (QED) is 0.385. The van der Waals surface area contributed by atoms with E-state index in [2.05, 4.69) is 12.2 Å². The molecule has 1 atom stereocenters. The van der Waals surface area contributed by atoms with Crippen LogP contribution in [0.4, 0.5) is 0 Å². The lowest BCUT2D eigenvalue weighted by atomic mass is 9.99. The Morgan fingerprint density at radius 3 is 2.35 bits per heavy atom. The Morgan fingerprint density at radius 2 is 1.78 bits per heavy atom. The van der Waals surface area contributed by atoms with Crippen LogP contribution in [-0.2, 0) is 16.0 Å². The summed E-state index contributed by atoms with van der Waals surface area (Å²) in [6, 6.07) is 7.19. The number of likely N-dealkylation sites (N-methyl/N-ethyl adjacent to an activating group) is 1. The van der Waals surface area contributed by atoms with Gasteiger partial charge in [0.05, 0.1) is 19.1 Å². The molecule has 0 amide bonds. The van der Waals surface area contributed by atoms with Crippen molar-refractivity contribution >= 4 is 11.8 Å². The van der Waals surface area contributed by atoms with Crippen molar-refractivity contribution in [2.45, 2.75) is 58.4 Å². The van der Waals surface area contributed by atoms with E-state index in [4.69, 9.17) is 4.74 Å². The van der Waals surface area contributed by atoms with Gasteiger partial charge < -0.3 is 10.1 Å². The van der Waals surface area contributed by atoms with Crippen LogP contribution in [0.15, 0.2) is 24.3 Å². The van der Waals surface area contributed by atoms with Gasteiger partial charge >= 0.3 is 5.97 Å². The summed E-state index contributed by atoms with van der Waals surface area (Å²) < 4.78 is 4.91. The number of Topliss-reactive ketones (excluding diaryl/α,β-unsaturated/α-hetero) is 1. The Hall–Kier alpha value is -1.68. The molecular weight excluding hydrogens is 290 g/mol. The minimum atomic E-state index is -0.538. The maximum absolute atomic E-state index is 12.5. The van der Waals surface area contributed by atoms with E-state index in [1.807, 2.05) is 24.3 Å². The van der Waals surface area contributed by atoms with Gasteiger partial charge in [-0.2, -0.15) is 0 Å². The summed E-state index contributed by atoms with van der Waals surface area (Å²) in [5, 5.41) is 2.90. The first-order valence-electron chi connectivity index (χ1n) is 8.58. The first-order valence-corrected chi connectivity index (χ1v) is 8.58. The van der Waals surface area contributed by atoms with Crippen molar-refractivity contribution in [3.63, 3.8) is 0 Å². The van der Waals surface area contributed by atoms with Gasteiger partial charge in [-0.3, -0.25) is 9.59 Å². The fourth-order valence-corrected chi connectivity index (χ4v) is 2.51. The van der Waals surface area contributed by atoms with E-state index >= 15 is 0 Å². The maximum Gasteiger partial charge on any atom is 0.307 e. The number of ketones is 1. The molecule has 0 aliphatic heterocycles. The normalized spacial score (nSPS) is 12.0. The zero-order chi connectivity index (χ0) is 17.1. The summed E-state index contributed by atoms with van der Waals surface area (Å²) in [5.41, 5.74) is 1.88. The second kappa shape index (κ2) is 10.9. The molecule has 4 heteroatoms. The van der Waals surface area contributed by atoms with Crippen LogP contribution in [0.1, 0.15) is 61.9 Å². The predicted octanol–water partition coefficient (Wildman–Crippen LogP) is 3.53. The minimum absolute atomic E-state index is 0.0575. The third kappa shape index (κ3) is 6.95. The molecule has 0 aromatic heterocycles. The summed E-state index contributed by atoms with van der Waals surface area (Å²) in [4.78, 5) is 24.0. The molecule has 4 nitrogen and oxygen atoms in total. The van der Waals surface area contributed by atoms with Crippen LogP contribution < -0.4 is 5.32 Å². The van der Waals surface area contributed by atoms with Crippen LogP contribution in [0.5, 0.6) is 0 Å². The van der Waals surface area contributed by atoms with E-state index in [-0.39, 0.29) is 18.2 Å². The van der Waals surface area contributed by atoms with Crippen LogP contribution in [0, 0.1) is 0 Å². The number of carbonyl (C=O) groups excluding carboxylic acids is 2. The molecule has 0 fully saturated rings. The van der Waals surface area contributed by atoms with Gasteiger partial charge in [0.15, 0.2) is 5.78 Å². The number of ether oxygens (including phenoxy) is 1. The second-order valence-corrected chi connectivity index (χ2v) is 5.72. The monoisotopic (exact) mass is 319 g/mol. The molecule has 0 heterocycles. The fourth-order valence-electron chi connectivity index (χ4n) is 2.51. The van der Waals surface area contributed by atoms with Gasteiger partial charge in [-0.25, -0.2) is 0 Å². The highest BCUT2D eigenvalue weighted by Crippen LogP contribution is 2.12. The molecule has 1 rings (SSSR count). The highest BCUT2D eigenvalue weighted by molar-refractivity contribution is 6.01. The molecule has 1 unspecified atom stereocenters. The lowest BCUT2D eigenvalue weighted by molar-refractivity contribution is -0.143. The standard InChI is InChI=1S/C19H29NO3/c1-4-6-7-8-9-15-10-12-16(13-11-15)19(22)17(20-3)14-18(21)23-5-2/h10-13,17,20H,4-9,14H2,1-3H3. The Bertz CT molecular complexity index is 482. The highest BCUT2D eigenvalue weighted by atomic mass is 16.5. The number of unbranched alkanes of at least 4 members (excludes halogenated alkanes) is 3. The van der Waals surface area contributed by atoms with Crippen molar-refractivity contribution in [3.8, 4) is 0 Å². The highest BCUT2D eigenvalue weighted by Gasteiger charge is 2.22. The fraction of sp³-hybridized carbons (Fsp3) is 0.579. The first kappa shape index (κ1) is 19.4. The molecule has 0 saturated heterocycles. The number of rotatable bonds is 11. The van der Waals surface area contributed by atoms with Crippen molar-refractivity contribution in [2.75, 3.05) is 13.7 Å². The third-order valence-corrected chi connectivity index (χ3v) is 3.90. The number of carbonyl (C=O) groups is 2. The lowest BCUT2D eigenvalue weighted by Gasteiger charge is -2.14. The molecule has 1 aromatic rings. The minimum Gasteiger partial charge on any atom is -0.466 e. The van der Waals surface area contributed by atoms with Crippen LogP contribution in [0.2, 0.25) is 0 Å². The molecule has 1 N–H and O–H groups in total. The molecule has 23 heavy (non-hydrogen) atoms. The van der Waals surface area contributed by atoms with Crippen LogP contribution in [0.3, 0.4) is 0 Å². The molecule has 0 aliphatic rings. The molecular formula is C19H29NO3. The van der Waals surface area contributed by atoms with Crippen LogP contribution in [-0.4, -0.2) is 31.4 Å². The summed E-state index contributed by atoms with van der Waals surface area (Å²) in [5.74, 6) is -0.425. The Kier molecular flexibility index (Phi) is 9.22. The zero-order valence-corrected chi connectivity index (χ0v) is 14.6. The number of aryl methyl sites for hydroxylation is 1. The van der Waals surface area contributed by atoms with Gasteiger partial charge in [-0.1, -0.05) is 50.5 Å². The average molecular weight is 319 g/mol. The van der Waals surface area contributed by atoms with Crippen molar-refractivity contribution in [2.24, 2.45) is 0 Å². The smallest absolute Gasteiger partial charge is 0.307 e. The van der Waals surface area contributed by atoms with E-state index in [9.17, 15) is 9.59 Å². The van der Waals surface area contributed by atoms with Crippen molar-refractivity contribution in [1.29, 1.82) is 0 Å². The maximum atomic E-state index is 12.5. The predicted molar refractivity (Wildman–Crippen MR) is 92.7 cm³/mol. The SMILES string of the molecule is CCCCCCc1ccc(C(=O)C(CC(=O)OCC)NC)cc1. The van der Waals surface area contributed by atoms with Gasteiger partial charge in [-0.15, -0.1) is 0 Å². The van der Waals surface area contributed by atoms with Crippen molar-refractivity contribution < 1.29 is 14.3 Å². The second-order valence-electron chi connectivity index (χ2n) is 5.72. The number of hydrogen-bond donors (Lipinski definition) is 1. The van der Waals surface area contributed by atoms with Gasteiger partial charge in [0, 0.05) is 5.56 Å². The van der Waals surface area contributed by atoms with Gasteiger partial charge in [0.2, 0.25) is 0 Å². The van der Waals surface area contributed by atoms with E-state index in [0.717, 1.165) is 6.42 Å². The zero-order valence-electron chi connectivity index (χ0n) is 14.6. The summed E-state index contributed by atoms with van der Waals surface area (Å²) in [7, 11) is 1.68. The number of esters is 1. The molecule has 0 spiro atoms. The lowest BCUT2D eigenvalue weighted by Crippen LogP contribution is -2.36. The van der Waals surface area contributed by atoms with Crippen LogP contribution in [0.25, 0.3) is 0 Å². The molecule has 0 bridgehead atoms. The van der Waals surface area contributed by atoms with E-state index in [0.29, 0.717) is 12.2 Å². The number of benzene rings is 1. The molecule has 0 aliphatic carbocycles. The van der Waals surface area contributed by atoms with Gasteiger partial charge in [0.25, 0.3) is 0 Å². The van der Waals surface area contributed by atoms with Crippen LogP contribution >= 0.6 is 0 Å². The molecule has 128 valence electrons. The number of hydrogen-bond acceptors (Lipinski definition) is 4. The Morgan fingerprint density at radius 1 is 1.09 bits per heavy atom. The van der Waals surface area contributed by atoms with E-state index in [1.165, 1.54) is 31.2 Å². The van der Waals surface area contributed by atoms with Gasteiger partial charge in [0.1, 0.15) is 0 Å². The first-order chi connectivity index (χ1) is 11.1. The van der Waals surface area contributed by atoms with E-state index < -0.39 is 6.04 Å². The van der Waals surface area contributed by atoms with Crippen molar-refractivity contribution in [1.82, 2.24) is 5.32 Å². The molecule has 1 aromatic carbocycles. The summed E-state index contributed by atoms with van der Waals surface area (Å²) >= 11 is 0. The summed E-state index contributed by atoms with van der Waals surface area (Å²) in [6.07, 6.45) is 6.05. The van der Waals surface area contributed by atoms with E-state index in [1.54, 1.807) is 14.0 Å².